The maximum absolute atomic E-state index is 14.0. The zero-order valence-corrected chi connectivity index (χ0v) is 14.1. The number of hydrogen-bond donors (Lipinski definition) is 0. The molecule has 2 amide bonds. The number of rotatable bonds is 3. The number of likely N-dealkylation sites (tertiary alicyclic amines) is 2. The molecule has 0 bridgehead atoms. The molecular weight excluding hydrogens is 326 g/mol. The lowest BCUT2D eigenvalue weighted by atomic mass is 9.78. The van der Waals surface area contributed by atoms with Gasteiger partial charge in [-0.25, -0.2) is 8.78 Å². The lowest BCUT2D eigenvalue weighted by molar-refractivity contribution is -0.147. The summed E-state index contributed by atoms with van der Waals surface area (Å²) in [6, 6.07) is 4.06. The summed E-state index contributed by atoms with van der Waals surface area (Å²) in [5.74, 6) is -1.46. The molecule has 0 aromatic heterocycles. The van der Waals surface area contributed by atoms with Gasteiger partial charge in [0.15, 0.2) is 11.6 Å². The number of piperidine rings is 1. The van der Waals surface area contributed by atoms with Crippen LogP contribution in [0.3, 0.4) is 0 Å². The van der Waals surface area contributed by atoms with Gasteiger partial charge in [0.05, 0.1) is 5.41 Å². The maximum atomic E-state index is 14.0. The van der Waals surface area contributed by atoms with E-state index >= 15 is 0 Å². The van der Waals surface area contributed by atoms with Crippen molar-refractivity contribution in [2.45, 2.75) is 38.6 Å². The van der Waals surface area contributed by atoms with Crippen molar-refractivity contribution in [2.75, 3.05) is 19.6 Å². The van der Waals surface area contributed by atoms with Crippen LogP contribution in [0.2, 0.25) is 0 Å². The summed E-state index contributed by atoms with van der Waals surface area (Å²) in [5, 5.41) is 0. The molecule has 1 saturated carbocycles. The molecule has 134 valence electrons. The molecule has 4 nitrogen and oxygen atoms in total. The minimum atomic E-state index is -0.890. The fourth-order valence-electron chi connectivity index (χ4n) is 4.21. The van der Waals surface area contributed by atoms with Gasteiger partial charge in [0, 0.05) is 37.7 Å². The molecule has 4 rings (SSSR count). The standard InChI is InChI=1S/C19H22F2N2O2/c20-15-4-1-3-14(16(15)21)11-22-9-2-7-19(18(22)25)8-10-23(12-19)17(24)13-5-6-13/h1,3-4,13H,2,5-12H2/t19-/m1/s1. The van der Waals surface area contributed by atoms with Crippen LogP contribution < -0.4 is 0 Å². The van der Waals surface area contributed by atoms with Gasteiger partial charge in [-0.05, 0) is 38.2 Å². The predicted octanol–water partition coefficient (Wildman–Crippen LogP) is 2.72. The Bertz CT molecular complexity index is 719. The van der Waals surface area contributed by atoms with Crippen LogP contribution in [0.4, 0.5) is 8.78 Å². The molecule has 2 heterocycles. The second-order valence-electron chi connectivity index (χ2n) is 7.61. The van der Waals surface area contributed by atoms with E-state index in [0.717, 1.165) is 31.7 Å². The minimum Gasteiger partial charge on any atom is -0.341 e. The molecule has 25 heavy (non-hydrogen) atoms. The lowest BCUT2D eigenvalue weighted by Crippen LogP contribution is -2.50. The first-order valence-electron chi connectivity index (χ1n) is 9.01. The molecule has 6 heteroatoms. The zero-order valence-electron chi connectivity index (χ0n) is 14.1. The van der Waals surface area contributed by atoms with Gasteiger partial charge < -0.3 is 9.80 Å². The molecule has 3 fully saturated rings. The summed E-state index contributed by atoms with van der Waals surface area (Å²) in [6.45, 7) is 1.74. The van der Waals surface area contributed by atoms with Crippen LogP contribution in [-0.4, -0.2) is 41.2 Å². The van der Waals surface area contributed by atoms with Crippen LogP contribution in [-0.2, 0) is 16.1 Å². The van der Waals surface area contributed by atoms with Crippen molar-refractivity contribution in [3.8, 4) is 0 Å². The second kappa shape index (κ2) is 6.07. The fourth-order valence-corrected chi connectivity index (χ4v) is 4.21. The van der Waals surface area contributed by atoms with Crippen molar-refractivity contribution in [2.24, 2.45) is 11.3 Å². The number of nitrogens with zero attached hydrogens (tertiary/aromatic N) is 2. The number of benzene rings is 1. The van der Waals surface area contributed by atoms with Crippen LogP contribution >= 0.6 is 0 Å². The normalized spacial score (nSPS) is 26.6. The molecule has 1 atom stereocenters. The molecule has 2 saturated heterocycles. The van der Waals surface area contributed by atoms with E-state index < -0.39 is 17.0 Å². The second-order valence-corrected chi connectivity index (χ2v) is 7.61. The quantitative estimate of drug-likeness (QED) is 0.843. The molecule has 1 aliphatic carbocycles. The zero-order chi connectivity index (χ0) is 17.6. The third-order valence-corrected chi connectivity index (χ3v) is 5.81. The van der Waals surface area contributed by atoms with E-state index in [4.69, 9.17) is 0 Å². The first kappa shape index (κ1) is 16.5. The summed E-state index contributed by atoms with van der Waals surface area (Å²) < 4.78 is 27.4. The third kappa shape index (κ3) is 2.92. The van der Waals surface area contributed by atoms with E-state index in [1.54, 1.807) is 4.90 Å². The van der Waals surface area contributed by atoms with Crippen molar-refractivity contribution in [1.29, 1.82) is 0 Å². The van der Waals surface area contributed by atoms with E-state index in [-0.39, 0.29) is 29.8 Å². The highest BCUT2D eigenvalue weighted by atomic mass is 19.2. The average Bonchev–Trinajstić information content (AvgIpc) is 3.36. The highest BCUT2D eigenvalue weighted by Crippen LogP contribution is 2.42. The van der Waals surface area contributed by atoms with E-state index in [0.29, 0.717) is 26.1 Å². The van der Waals surface area contributed by atoms with Gasteiger partial charge in [-0.3, -0.25) is 9.59 Å². The van der Waals surface area contributed by atoms with Gasteiger partial charge >= 0.3 is 0 Å². The lowest BCUT2D eigenvalue weighted by Gasteiger charge is -2.39. The van der Waals surface area contributed by atoms with Gasteiger partial charge in [0.25, 0.3) is 0 Å². The Kier molecular flexibility index (Phi) is 4.01. The predicted molar refractivity (Wildman–Crippen MR) is 87.4 cm³/mol. The Balaban J connectivity index is 1.49. The number of hydrogen-bond acceptors (Lipinski definition) is 2. The van der Waals surface area contributed by atoms with Crippen LogP contribution in [0.1, 0.15) is 37.7 Å². The third-order valence-electron chi connectivity index (χ3n) is 5.81. The minimum absolute atomic E-state index is 0.0199. The van der Waals surface area contributed by atoms with Gasteiger partial charge in [-0.15, -0.1) is 0 Å². The first-order valence-corrected chi connectivity index (χ1v) is 9.01. The summed E-state index contributed by atoms with van der Waals surface area (Å²) in [5.41, 5.74) is -0.332. The molecule has 0 unspecified atom stereocenters. The molecule has 2 aliphatic heterocycles. The number of amides is 2. The SMILES string of the molecule is O=C(C1CC1)N1CC[C@]2(CCCN(Cc3cccc(F)c3F)C2=O)C1. The average molecular weight is 348 g/mol. The van der Waals surface area contributed by atoms with Gasteiger partial charge in [0.2, 0.25) is 11.8 Å². The highest BCUT2D eigenvalue weighted by Gasteiger charge is 2.50. The summed E-state index contributed by atoms with van der Waals surface area (Å²) in [4.78, 5) is 28.8. The topological polar surface area (TPSA) is 40.6 Å². The van der Waals surface area contributed by atoms with E-state index in [9.17, 15) is 18.4 Å². The summed E-state index contributed by atoms with van der Waals surface area (Å²) >= 11 is 0. The highest BCUT2D eigenvalue weighted by molar-refractivity contribution is 5.87. The van der Waals surface area contributed by atoms with Crippen molar-refractivity contribution in [3.05, 3.63) is 35.4 Å². The van der Waals surface area contributed by atoms with E-state index in [2.05, 4.69) is 0 Å². The van der Waals surface area contributed by atoms with Crippen LogP contribution in [0.15, 0.2) is 18.2 Å². The van der Waals surface area contributed by atoms with E-state index in [1.165, 1.54) is 12.1 Å². The first-order chi connectivity index (χ1) is 12.0. The summed E-state index contributed by atoms with van der Waals surface area (Å²) in [7, 11) is 0. The van der Waals surface area contributed by atoms with E-state index in [1.807, 2.05) is 4.90 Å². The summed E-state index contributed by atoms with van der Waals surface area (Å²) in [6.07, 6.45) is 4.19. The molecule has 0 radical (unpaired) electrons. The Hall–Kier alpha value is -1.98. The van der Waals surface area contributed by atoms with Gasteiger partial charge in [-0.1, -0.05) is 12.1 Å². The Morgan fingerprint density at radius 1 is 1.20 bits per heavy atom. The van der Waals surface area contributed by atoms with Crippen molar-refractivity contribution in [3.63, 3.8) is 0 Å². The Labute approximate surface area is 145 Å². The molecule has 1 aromatic rings. The van der Waals surface area contributed by atoms with Crippen molar-refractivity contribution in [1.82, 2.24) is 9.80 Å². The number of carbonyl (C=O) groups excluding carboxylic acids is 2. The van der Waals surface area contributed by atoms with Gasteiger partial charge in [-0.2, -0.15) is 0 Å². The largest absolute Gasteiger partial charge is 0.341 e. The van der Waals surface area contributed by atoms with Crippen LogP contribution in [0, 0.1) is 23.0 Å². The Morgan fingerprint density at radius 2 is 2.00 bits per heavy atom. The molecule has 1 spiro atoms. The van der Waals surface area contributed by atoms with Gasteiger partial charge in [0.1, 0.15) is 0 Å². The fraction of sp³-hybridized carbons (Fsp3) is 0.579. The van der Waals surface area contributed by atoms with Crippen molar-refractivity contribution < 1.29 is 18.4 Å². The Morgan fingerprint density at radius 3 is 2.76 bits per heavy atom. The molecular formula is C19H22F2N2O2. The molecule has 3 aliphatic rings. The smallest absolute Gasteiger partial charge is 0.230 e. The molecule has 1 aromatic carbocycles. The molecule has 0 N–H and O–H groups in total. The number of carbonyl (C=O) groups is 2. The van der Waals surface area contributed by atoms with Crippen LogP contribution in [0.5, 0.6) is 0 Å². The maximum Gasteiger partial charge on any atom is 0.230 e. The number of halogens is 2. The van der Waals surface area contributed by atoms with Crippen molar-refractivity contribution >= 4 is 11.8 Å². The van der Waals surface area contributed by atoms with Crippen LogP contribution in [0.25, 0.3) is 0 Å². The monoisotopic (exact) mass is 348 g/mol.